The van der Waals surface area contributed by atoms with E-state index in [1.165, 1.54) is 0 Å². The average Bonchev–Trinajstić information content (AvgIpc) is 3.27. The van der Waals surface area contributed by atoms with Crippen LogP contribution in [0.3, 0.4) is 0 Å². The molecule has 6 nitrogen and oxygen atoms in total. The van der Waals surface area contributed by atoms with Gasteiger partial charge in [-0.3, -0.25) is 4.79 Å². The van der Waals surface area contributed by atoms with E-state index in [4.69, 9.17) is 23.2 Å². The van der Waals surface area contributed by atoms with Gasteiger partial charge in [0.2, 0.25) is 0 Å². The predicted molar refractivity (Wildman–Crippen MR) is 124 cm³/mol. The number of carbonyl (C=O) groups excluding carboxylic acids is 1. The summed E-state index contributed by atoms with van der Waals surface area (Å²) in [5, 5.41) is 23.4. The summed E-state index contributed by atoms with van der Waals surface area (Å²) < 4.78 is 0. The maximum atomic E-state index is 12.8. The zero-order chi connectivity index (χ0) is 22.4. The van der Waals surface area contributed by atoms with Crippen molar-refractivity contribution >= 4 is 34.8 Å². The number of halogens is 2. The number of nitrogens with zero attached hydrogens (tertiary/aromatic N) is 1. The van der Waals surface area contributed by atoms with Gasteiger partial charge < -0.3 is 20.5 Å². The molecule has 3 rings (SSSR count). The Morgan fingerprint density at radius 2 is 2.00 bits per heavy atom. The van der Waals surface area contributed by atoms with E-state index in [-0.39, 0.29) is 37.4 Å². The Morgan fingerprint density at radius 1 is 1.19 bits per heavy atom. The summed E-state index contributed by atoms with van der Waals surface area (Å²) >= 11 is 12.4. The van der Waals surface area contributed by atoms with Crippen molar-refractivity contribution in [2.75, 3.05) is 18.5 Å². The van der Waals surface area contributed by atoms with Crippen molar-refractivity contribution in [1.29, 1.82) is 0 Å². The maximum Gasteiger partial charge on any atom is 0.179 e. The van der Waals surface area contributed by atoms with E-state index in [1.54, 1.807) is 42.7 Å². The molecule has 0 saturated heterocycles. The van der Waals surface area contributed by atoms with Crippen LogP contribution in [0.2, 0.25) is 10.0 Å². The van der Waals surface area contributed by atoms with Gasteiger partial charge in [-0.25, -0.2) is 4.98 Å². The zero-order valence-corrected chi connectivity index (χ0v) is 18.6. The molecule has 0 fully saturated rings. The maximum absolute atomic E-state index is 12.8. The van der Waals surface area contributed by atoms with Gasteiger partial charge in [-0.15, -0.1) is 0 Å². The van der Waals surface area contributed by atoms with Crippen molar-refractivity contribution in [2.24, 2.45) is 0 Å². The second-order valence-electron chi connectivity index (χ2n) is 7.35. The number of pyridine rings is 1. The number of benzene rings is 1. The first kappa shape index (κ1) is 23.3. The number of aliphatic hydroxyl groups excluding tert-OH is 2. The number of rotatable bonds is 10. The van der Waals surface area contributed by atoms with Crippen LogP contribution < -0.4 is 5.32 Å². The fraction of sp³-hybridized carbons (Fsp3) is 0.304. The summed E-state index contributed by atoms with van der Waals surface area (Å²) in [6.45, 7) is 1.81. The highest BCUT2D eigenvalue weighted by molar-refractivity contribution is 6.33. The lowest BCUT2D eigenvalue weighted by molar-refractivity contribution is 0.0956. The van der Waals surface area contributed by atoms with E-state index in [9.17, 15) is 15.0 Å². The van der Waals surface area contributed by atoms with E-state index in [0.717, 1.165) is 23.1 Å². The van der Waals surface area contributed by atoms with Gasteiger partial charge in [-0.2, -0.15) is 0 Å². The molecule has 0 amide bonds. The van der Waals surface area contributed by atoms with Crippen molar-refractivity contribution in [3.05, 3.63) is 70.1 Å². The molecule has 3 aromatic rings. The Labute approximate surface area is 191 Å². The minimum atomic E-state index is -0.345. The molecule has 0 radical (unpaired) electrons. The minimum absolute atomic E-state index is 0.00239. The summed E-state index contributed by atoms with van der Waals surface area (Å²) in [4.78, 5) is 20.1. The normalized spacial score (nSPS) is 13.1. The van der Waals surface area contributed by atoms with Crippen LogP contribution in [0.4, 0.5) is 5.82 Å². The molecule has 0 unspecified atom stereocenters. The van der Waals surface area contributed by atoms with Crippen LogP contribution in [0, 0.1) is 0 Å². The largest absolute Gasteiger partial charge is 0.396 e. The average molecular weight is 462 g/mol. The molecule has 1 aromatic carbocycles. The van der Waals surface area contributed by atoms with Crippen molar-refractivity contribution < 1.29 is 15.0 Å². The van der Waals surface area contributed by atoms with Gasteiger partial charge in [-0.05, 0) is 36.2 Å². The topological polar surface area (TPSA) is 98.2 Å². The lowest BCUT2D eigenvalue weighted by atomic mass is 9.93. The number of H-pyrrole nitrogens is 1. The third-order valence-corrected chi connectivity index (χ3v) is 5.72. The van der Waals surface area contributed by atoms with Gasteiger partial charge in [0.1, 0.15) is 5.82 Å². The first-order valence-electron chi connectivity index (χ1n) is 10.1. The Kier molecular flexibility index (Phi) is 8.09. The molecule has 164 valence electrons. The van der Waals surface area contributed by atoms with Gasteiger partial charge in [0.25, 0.3) is 0 Å². The summed E-state index contributed by atoms with van der Waals surface area (Å²) in [7, 11) is 0. The Balaban J connectivity index is 1.78. The van der Waals surface area contributed by atoms with Gasteiger partial charge in [0, 0.05) is 40.9 Å². The Hall–Kier alpha value is -2.38. The summed E-state index contributed by atoms with van der Waals surface area (Å²) in [5.74, 6) is 0.124. The van der Waals surface area contributed by atoms with Crippen molar-refractivity contribution in [2.45, 2.75) is 31.7 Å². The standard InChI is InChI=1S/C23H25Cl2N3O3/c1-2-18(13-30)28-23-9-19(20(25)11-27-23)15-7-21(26-10-15)22(31)8-16(12-29)14-4-3-5-17(24)6-14/h3-7,9-11,16,18,26,29-30H,2,8,12-13H2,1H3,(H,27,28)/t16-,18+/m1/s1. The molecule has 4 N–H and O–H groups in total. The number of carbonyl (C=O) groups is 1. The summed E-state index contributed by atoms with van der Waals surface area (Å²) in [6.07, 6.45) is 4.15. The minimum Gasteiger partial charge on any atom is -0.396 e. The highest BCUT2D eigenvalue weighted by atomic mass is 35.5. The molecule has 0 aliphatic heterocycles. The SMILES string of the molecule is CC[C@@H](CO)Nc1cc(-c2c[nH]c(C(=O)C[C@H](CO)c3cccc(Cl)c3)c2)c(Cl)cn1. The molecule has 2 atom stereocenters. The molecular weight excluding hydrogens is 437 g/mol. The van der Waals surface area contributed by atoms with Crippen LogP contribution in [0.1, 0.15) is 41.7 Å². The molecule has 8 heteroatoms. The van der Waals surface area contributed by atoms with Crippen LogP contribution >= 0.6 is 23.2 Å². The van der Waals surface area contributed by atoms with Crippen molar-refractivity contribution in [3.8, 4) is 11.1 Å². The van der Waals surface area contributed by atoms with Crippen LogP contribution in [-0.2, 0) is 0 Å². The summed E-state index contributed by atoms with van der Waals surface area (Å²) in [5.41, 5.74) is 2.71. The van der Waals surface area contributed by atoms with E-state index in [1.807, 2.05) is 13.0 Å². The number of hydrogen-bond acceptors (Lipinski definition) is 5. The van der Waals surface area contributed by atoms with Crippen molar-refractivity contribution in [3.63, 3.8) is 0 Å². The van der Waals surface area contributed by atoms with Crippen LogP contribution in [0.5, 0.6) is 0 Å². The summed E-state index contributed by atoms with van der Waals surface area (Å²) in [6, 6.07) is 10.6. The van der Waals surface area contributed by atoms with E-state index in [2.05, 4.69) is 15.3 Å². The van der Waals surface area contributed by atoms with Crippen molar-refractivity contribution in [1.82, 2.24) is 9.97 Å². The number of anilines is 1. The fourth-order valence-electron chi connectivity index (χ4n) is 3.32. The number of hydrogen-bond donors (Lipinski definition) is 4. The number of aromatic amines is 1. The number of aliphatic hydroxyl groups is 2. The highest BCUT2D eigenvalue weighted by Crippen LogP contribution is 2.31. The predicted octanol–water partition coefficient (Wildman–Crippen LogP) is 4.92. The third kappa shape index (κ3) is 5.86. The van der Waals surface area contributed by atoms with E-state index < -0.39 is 0 Å². The second-order valence-corrected chi connectivity index (χ2v) is 8.19. The highest BCUT2D eigenvalue weighted by Gasteiger charge is 2.19. The molecule has 2 aromatic heterocycles. The molecule has 0 spiro atoms. The van der Waals surface area contributed by atoms with Gasteiger partial charge >= 0.3 is 0 Å². The molecule has 0 bridgehead atoms. The molecule has 0 saturated carbocycles. The molecular formula is C23H25Cl2N3O3. The fourth-order valence-corrected chi connectivity index (χ4v) is 3.73. The first-order valence-corrected chi connectivity index (χ1v) is 10.8. The van der Waals surface area contributed by atoms with Gasteiger partial charge in [0.15, 0.2) is 5.78 Å². The number of aromatic nitrogens is 2. The third-order valence-electron chi connectivity index (χ3n) is 5.19. The van der Waals surface area contributed by atoms with E-state index >= 15 is 0 Å². The quantitative estimate of drug-likeness (QED) is 0.321. The van der Waals surface area contributed by atoms with Crippen LogP contribution in [0.25, 0.3) is 11.1 Å². The lowest BCUT2D eigenvalue weighted by Gasteiger charge is -2.15. The Bertz CT molecular complexity index is 1030. The Morgan fingerprint density at radius 3 is 2.68 bits per heavy atom. The monoisotopic (exact) mass is 461 g/mol. The number of ketones is 1. The van der Waals surface area contributed by atoms with E-state index in [0.29, 0.717) is 21.6 Å². The molecule has 2 heterocycles. The smallest absolute Gasteiger partial charge is 0.179 e. The second kappa shape index (κ2) is 10.8. The van der Waals surface area contributed by atoms with Crippen LogP contribution in [-0.4, -0.2) is 45.2 Å². The molecule has 31 heavy (non-hydrogen) atoms. The first-order chi connectivity index (χ1) is 14.9. The lowest BCUT2D eigenvalue weighted by Crippen LogP contribution is -2.23. The van der Waals surface area contributed by atoms with Gasteiger partial charge in [-0.1, -0.05) is 42.3 Å². The zero-order valence-electron chi connectivity index (χ0n) is 17.1. The number of Topliss-reactive ketones (excluding diaryl/α,β-unsaturated/α-hetero) is 1. The molecule has 0 aliphatic carbocycles. The van der Waals surface area contributed by atoms with Gasteiger partial charge in [0.05, 0.1) is 30.0 Å². The number of nitrogens with one attached hydrogen (secondary N) is 2. The molecule has 0 aliphatic rings. The van der Waals surface area contributed by atoms with Crippen LogP contribution in [0.15, 0.2) is 48.8 Å².